The van der Waals surface area contributed by atoms with Crippen LogP contribution in [-0.4, -0.2) is 63.5 Å². The Bertz CT molecular complexity index is 2110. The summed E-state index contributed by atoms with van der Waals surface area (Å²) in [5, 5.41) is 29.1. The molecule has 17 heteroatoms. The second-order valence-corrected chi connectivity index (χ2v) is 13.6. The number of esters is 2. The Labute approximate surface area is 315 Å². The number of carboxylic acid groups (broad SMARTS) is 1. The lowest BCUT2D eigenvalue weighted by molar-refractivity contribution is 0.0592. The Morgan fingerprint density at radius 3 is 1.43 bits per heavy atom. The second kappa shape index (κ2) is 18.6. The molecule has 2 heterocycles. The quantitative estimate of drug-likeness (QED) is 0.132. The lowest BCUT2D eigenvalue weighted by Crippen LogP contribution is -2.11. The molecule has 0 radical (unpaired) electrons. The molecule has 2 aromatic heterocycles. The van der Waals surface area contributed by atoms with Crippen molar-refractivity contribution in [2.45, 2.75) is 0 Å². The highest BCUT2D eigenvalue weighted by Gasteiger charge is 2.13. The number of methoxy groups -OCH3 is 2. The van der Waals surface area contributed by atoms with Crippen LogP contribution in [0.2, 0.25) is 0 Å². The number of benzene rings is 4. The molecule has 4 aromatic carbocycles. The van der Waals surface area contributed by atoms with Gasteiger partial charge >= 0.3 is 17.9 Å². The summed E-state index contributed by atoms with van der Waals surface area (Å²) in [6.07, 6.45) is 0. The van der Waals surface area contributed by atoms with E-state index < -0.39 is 11.9 Å². The fourth-order valence-electron chi connectivity index (χ4n) is 3.84. The summed E-state index contributed by atoms with van der Waals surface area (Å²) in [5.41, 5.74) is 8.96. The number of nitrogens with zero attached hydrogens (tertiary/aromatic N) is 4. The van der Waals surface area contributed by atoms with Gasteiger partial charge in [0.2, 0.25) is 10.3 Å². The number of carboxylic acids is 1. The highest BCUT2D eigenvalue weighted by Crippen LogP contribution is 2.27. The first kappa shape index (κ1) is 38.4. The summed E-state index contributed by atoms with van der Waals surface area (Å²) in [6.45, 7) is 0. The van der Waals surface area contributed by atoms with E-state index in [0.717, 1.165) is 25.1 Å². The Hall–Kier alpha value is -5.36. The molecular weight excluding hydrogens is 828 g/mol. The first-order chi connectivity index (χ1) is 24.5. The molecular formula is C34H26Br2N6O7S2. The molecule has 0 spiro atoms. The van der Waals surface area contributed by atoms with Gasteiger partial charge in [0.1, 0.15) is 10.0 Å². The number of ether oxygens (including phenoxy) is 2. The van der Waals surface area contributed by atoms with Crippen LogP contribution in [0.15, 0.2) is 106 Å². The maximum absolute atomic E-state index is 12.2. The van der Waals surface area contributed by atoms with Crippen LogP contribution in [0.25, 0.3) is 21.1 Å². The van der Waals surface area contributed by atoms with Gasteiger partial charge in [-0.15, -0.1) is 20.4 Å². The summed E-state index contributed by atoms with van der Waals surface area (Å²) in [4.78, 5) is 45.1. The summed E-state index contributed by atoms with van der Waals surface area (Å²) < 4.78 is 11.1. The predicted octanol–water partition coefficient (Wildman–Crippen LogP) is 7.73. The number of nitrogen functional groups attached to an aromatic ring is 1. The predicted molar refractivity (Wildman–Crippen MR) is 201 cm³/mol. The molecule has 0 atom stereocenters. The third-order valence-corrected chi connectivity index (χ3v) is 9.14. The zero-order valence-corrected chi connectivity index (χ0v) is 31.4. The molecule has 6 rings (SSSR count). The number of halogens is 2. The summed E-state index contributed by atoms with van der Waals surface area (Å²) in [6, 6.07) is 27.3. The molecule has 6 aromatic rings. The highest BCUT2D eigenvalue weighted by atomic mass is 79.9. The number of rotatable bonds is 7. The van der Waals surface area contributed by atoms with Crippen molar-refractivity contribution in [2.24, 2.45) is 0 Å². The van der Waals surface area contributed by atoms with E-state index in [1.54, 1.807) is 97.1 Å². The largest absolute Gasteiger partial charge is 0.478 e. The van der Waals surface area contributed by atoms with E-state index in [1.165, 1.54) is 36.9 Å². The zero-order chi connectivity index (χ0) is 36.9. The molecule has 0 unspecified atom stereocenters. The van der Waals surface area contributed by atoms with Crippen molar-refractivity contribution < 1.29 is 33.8 Å². The number of anilines is 2. The lowest BCUT2D eigenvalue weighted by atomic mass is 10.1. The van der Waals surface area contributed by atoms with Crippen molar-refractivity contribution in [3.05, 3.63) is 128 Å². The molecule has 51 heavy (non-hydrogen) atoms. The third kappa shape index (κ3) is 11.3. The second-order valence-electron chi connectivity index (χ2n) is 9.77. The fourth-order valence-corrected chi connectivity index (χ4v) is 5.73. The molecule has 0 aliphatic heterocycles. The monoisotopic (exact) mass is 852 g/mol. The molecule has 260 valence electrons. The normalized spacial score (nSPS) is 10.0. The number of carbonyl (C=O) groups is 4. The van der Waals surface area contributed by atoms with Crippen LogP contribution < -0.4 is 11.1 Å². The molecule has 0 aliphatic carbocycles. The molecule has 1 amide bonds. The van der Waals surface area contributed by atoms with Gasteiger partial charge in [0, 0.05) is 25.6 Å². The minimum Gasteiger partial charge on any atom is -0.478 e. The highest BCUT2D eigenvalue weighted by molar-refractivity contribution is 9.10. The minimum absolute atomic E-state index is 0.253. The topological polar surface area (TPSA) is 197 Å². The minimum atomic E-state index is -0.896. The summed E-state index contributed by atoms with van der Waals surface area (Å²) >= 11 is 9.08. The van der Waals surface area contributed by atoms with Crippen LogP contribution in [0.4, 0.5) is 10.3 Å². The van der Waals surface area contributed by atoms with Crippen LogP contribution in [-0.2, 0) is 9.47 Å². The molecule has 0 aliphatic rings. The Balaban J connectivity index is 0.000000191. The first-order valence-corrected chi connectivity index (χ1v) is 17.5. The van der Waals surface area contributed by atoms with Gasteiger partial charge in [-0.3, -0.25) is 10.1 Å². The van der Waals surface area contributed by atoms with Gasteiger partial charge in [0.15, 0.2) is 0 Å². The number of nitrogens with one attached hydrogen (secondary N) is 1. The van der Waals surface area contributed by atoms with E-state index in [4.69, 9.17) is 10.8 Å². The van der Waals surface area contributed by atoms with Crippen molar-refractivity contribution >= 4 is 88.6 Å². The van der Waals surface area contributed by atoms with E-state index in [1.807, 2.05) is 0 Å². The maximum Gasteiger partial charge on any atom is 0.337 e. The zero-order valence-electron chi connectivity index (χ0n) is 26.6. The SMILES string of the molecule is COC(=O)c1ccc(-c2nnc(N)s2)cc1.COC(=O)c1ccc(-c2nnc(NC(=O)c3ccc(Br)cc3)s2)cc1.O=C(O)c1ccc(Br)cc1. The Morgan fingerprint density at radius 1 is 0.608 bits per heavy atom. The van der Waals surface area contributed by atoms with Gasteiger partial charge in [0.05, 0.1) is 30.9 Å². The molecule has 4 N–H and O–H groups in total. The molecule has 0 saturated carbocycles. The Kier molecular flexibility index (Phi) is 14.0. The number of hydrogen-bond acceptors (Lipinski definition) is 13. The van der Waals surface area contributed by atoms with Gasteiger partial charge in [-0.25, -0.2) is 14.4 Å². The molecule has 0 fully saturated rings. The third-order valence-electron chi connectivity index (χ3n) is 6.39. The average molecular weight is 855 g/mol. The van der Waals surface area contributed by atoms with Crippen LogP contribution >= 0.6 is 54.5 Å². The van der Waals surface area contributed by atoms with Crippen molar-refractivity contribution in [1.82, 2.24) is 20.4 Å². The smallest absolute Gasteiger partial charge is 0.337 e. The number of aromatic nitrogens is 4. The number of amides is 1. The van der Waals surface area contributed by atoms with E-state index in [9.17, 15) is 19.2 Å². The standard InChI is InChI=1S/C17H12BrN3O3S.C10H9N3O2S.C7H5BrO2/c1-24-16(23)12-4-2-11(3-5-12)15-20-21-17(25-15)19-14(22)10-6-8-13(18)9-7-10;1-15-9(14)7-4-2-6(3-5-7)8-12-13-10(11)16-8;8-6-3-1-5(2-4-6)7(9)10/h2-9H,1H3,(H,19,21,22);2-5H,1H3,(H2,11,13);1-4H,(H,9,10). The van der Waals surface area contributed by atoms with Gasteiger partial charge in [-0.05, 0) is 72.8 Å². The maximum atomic E-state index is 12.2. The van der Waals surface area contributed by atoms with E-state index in [0.29, 0.717) is 37.5 Å². The number of aromatic carboxylic acids is 1. The van der Waals surface area contributed by atoms with Gasteiger partial charge in [-0.2, -0.15) is 0 Å². The molecule has 0 bridgehead atoms. The average Bonchev–Trinajstić information content (AvgIpc) is 3.81. The number of carbonyl (C=O) groups excluding carboxylic acids is 3. The first-order valence-electron chi connectivity index (χ1n) is 14.3. The molecule has 13 nitrogen and oxygen atoms in total. The van der Waals surface area contributed by atoms with Crippen LogP contribution in [0.3, 0.4) is 0 Å². The van der Waals surface area contributed by atoms with Gasteiger partial charge in [-0.1, -0.05) is 78.8 Å². The van der Waals surface area contributed by atoms with Crippen LogP contribution in [0.5, 0.6) is 0 Å². The number of hydrogen-bond donors (Lipinski definition) is 3. The van der Waals surface area contributed by atoms with Gasteiger partial charge in [0.25, 0.3) is 5.91 Å². The van der Waals surface area contributed by atoms with Crippen LogP contribution in [0.1, 0.15) is 41.4 Å². The number of nitrogens with two attached hydrogens (primary N) is 1. The molecule has 0 saturated heterocycles. The summed E-state index contributed by atoms with van der Waals surface area (Å²) in [7, 11) is 2.68. The van der Waals surface area contributed by atoms with E-state index in [2.05, 4.69) is 67.0 Å². The van der Waals surface area contributed by atoms with E-state index in [-0.39, 0.29) is 11.9 Å². The van der Waals surface area contributed by atoms with Crippen LogP contribution in [0, 0.1) is 0 Å². The summed E-state index contributed by atoms with van der Waals surface area (Å²) in [5.74, 6) is -1.90. The van der Waals surface area contributed by atoms with Crippen molar-refractivity contribution in [2.75, 3.05) is 25.3 Å². The van der Waals surface area contributed by atoms with Crippen molar-refractivity contribution in [1.29, 1.82) is 0 Å². The van der Waals surface area contributed by atoms with Gasteiger partial charge < -0.3 is 20.3 Å². The van der Waals surface area contributed by atoms with Crippen molar-refractivity contribution in [3.8, 4) is 21.1 Å². The van der Waals surface area contributed by atoms with Crippen molar-refractivity contribution in [3.63, 3.8) is 0 Å². The fraction of sp³-hybridized carbons (Fsp3) is 0.0588. The van der Waals surface area contributed by atoms with E-state index >= 15 is 0 Å². The Morgan fingerprint density at radius 2 is 1.02 bits per heavy atom. The lowest BCUT2D eigenvalue weighted by Gasteiger charge is -2.01.